The number of carbonyl (C=O) groups excluding carboxylic acids is 2. The monoisotopic (exact) mass is 724 g/mol. The highest BCUT2D eigenvalue weighted by molar-refractivity contribution is 5.78. The van der Waals surface area contributed by atoms with Gasteiger partial charge in [0, 0.05) is 36.3 Å². The van der Waals surface area contributed by atoms with E-state index in [1.807, 2.05) is 0 Å². The minimum atomic E-state index is -4.37. The van der Waals surface area contributed by atoms with Crippen molar-refractivity contribution in [1.29, 1.82) is 0 Å². The predicted octanol–water partition coefficient (Wildman–Crippen LogP) is 8.45. The van der Waals surface area contributed by atoms with Gasteiger partial charge in [-0.3, -0.25) is 9.59 Å². The molecule has 1 aromatic carbocycles. The standard InChI is InChI=1S/C43H59F3N2O4/c1-38-20-18-36(49)47-33(38)12-9-26-29(38)16-21-40(3)30(26)17-22-42(40,51)32-23-37(50)48-34-13-10-27-28-11-14-35(39(28,2)19-15-31(27)41(32,34)4)52-25-7-5-24(6-8-25)43(44,45)46/h5-8,26-35,51H,9-23H2,1-4H3,(H,47,49)(H,48,50)/t26-,27+,28+,29-,30+,31-,32?,33?,34?,35?,38-,39+,40+,41+,42?/m1/s1. The van der Waals surface area contributed by atoms with Gasteiger partial charge in [-0.15, -0.1) is 0 Å². The van der Waals surface area contributed by atoms with Crippen LogP contribution in [-0.4, -0.2) is 40.7 Å². The summed E-state index contributed by atoms with van der Waals surface area (Å²) < 4.78 is 46.3. The maximum absolute atomic E-state index is 13.6. The summed E-state index contributed by atoms with van der Waals surface area (Å²) in [5, 5.41) is 20.3. The van der Waals surface area contributed by atoms with Crippen LogP contribution in [0.25, 0.3) is 0 Å². The Labute approximate surface area is 307 Å². The number of piperidine rings is 2. The maximum Gasteiger partial charge on any atom is 0.416 e. The van der Waals surface area contributed by atoms with E-state index in [1.54, 1.807) is 0 Å². The largest absolute Gasteiger partial charge is 0.490 e. The van der Waals surface area contributed by atoms with E-state index in [1.165, 1.54) is 12.1 Å². The van der Waals surface area contributed by atoms with E-state index >= 15 is 0 Å². The van der Waals surface area contributed by atoms with Crippen molar-refractivity contribution in [2.24, 2.45) is 63.1 Å². The molecular formula is C43H59F3N2O4. The molecule has 2 aliphatic heterocycles. The number of fused-ring (bicyclic) bond motifs is 10. The number of carbonyl (C=O) groups is 2. The smallest absolute Gasteiger partial charge is 0.416 e. The lowest BCUT2D eigenvalue weighted by molar-refractivity contribution is -0.222. The summed E-state index contributed by atoms with van der Waals surface area (Å²) in [6.45, 7) is 9.60. The molecule has 2 heterocycles. The van der Waals surface area contributed by atoms with Crippen LogP contribution in [0, 0.1) is 63.1 Å². The lowest BCUT2D eigenvalue weighted by atomic mass is 9.40. The molecule has 6 nitrogen and oxygen atoms in total. The number of aliphatic hydroxyl groups is 1. The van der Waals surface area contributed by atoms with Crippen molar-refractivity contribution in [3.63, 3.8) is 0 Å². The molecule has 286 valence electrons. The van der Waals surface area contributed by atoms with Gasteiger partial charge in [0.2, 0.25) is 11.8 Å². The lowest BCUT2D eigenvalue weighted by Crippen LogP contribution is -2.71. The van der Waals surface area contributed by atoms with Gasteiger partial charge in [0.1, 0.15) is 11.9 Å². The van der Waals surface area contributed by atoms with Crippen molar-refractivity contribution in [3.8, 4) is 5.75 Å². The van der Waals surface area contributed by atoms with E-state index < -0.39 is 17.3 Å². The summed E-state index contributed by atoms with van der Waals surface area (Å²) in [4.78, 5) is 26.0. The Morgan fingerprint density at radius 3 is 2.06 bits per heavy atom. The van der Waals surface area contributed by atoms with Crippen molar-refractivity contribution >= 4 is 11.8 Å². The van der Waals surface area contributed by atoms with Crippen molar-refractivity contribution in [2.45, 2.75) is 154 Å². The zero-order chi connectivity index (χ0) is 36.6. The topological polar surface area (TPSA) is 87.7 Å². The number of alkyl halides is 3. The van der Waals surface area contributed by atoms with Crippen molar-refractivity contribution < 1.29 is 32.6 Å². The highest BCUT2D eigenvalue weighted by Gasteiger charge is 2.72. The third kappa shape index (κ3) is 4.77. The van der Waals surface area contributed by atoms with Crippen molar-refractivity contribution in [1.82, 2.24) is 10.6 Å². The highest BCUT2D eigenvalue weighted by atomic mass is 19.4. The second-order valence-electron chi connectivity index (χ2n) is 19.9. The molecule has 8 aliphatic rings. The number of amides is 2. The van der Waals surface area contributed by atoms with E-state index in [-0.39, 0.29) is 57.6 Å². The van der Waals surface area contributed by atoms with Crippen molar-refractivity contribution in [3.05, 3.63) is 29.8 Å². The molecule has 3 N–H and O–H groups in total. The second-order valence-corrected chi connectivity index (χ2v) is 19.9. The molecule has 52 heavy (non-hydrogen) atoms. The number of halogens is 3. The lowest BCUT2D eigenvalue weighted by Gasteiger charge is -2.67. The van der Waals surface area contributed by atoms with E-state index in [2.05, 4.69) is 38.3 Å². The molecule has 6 aliphatic carbocycles. The Bertz CT molecular complexity index is 1620. The Hall–Kier alpha value is -2.29. The molecule has 6 saturated carbocycles. The Morgan fingerprint density at radius 2 is 1.33 bits per heavy atom. The molecule has 2 saturated heterocycles. The molecule has 0 aromatic heterocycles. The van der Waals surface area contributed by atoms with Crippen LogP contribution >= 0.6 is 0 Å². The fourth-order valence-corrected chi connectivity index (χ4v) is 15.8. The second kappa shape index (κ2) is 11.6. The first-order chi connectivity index (χ1) is 24.5. The fraction of sp³-hybridized carbons (Fsp3) is 0.814. The first kappa shape index (κ1) is 35.4. The zero-order valence-corrected chi connectivity index (χ0v) is 31.5. The summed E-state index contributed by atoms with van der Waals surface area (Å²) >= 11 is 0. The van der Waals surface area contributed by atoms with E-state index in [4.69, 9.17) is 4.74 Å². The van der Waals surface area contributed by atoms with Gasteiger partial charge in [0.05, 0.1) is 11.2 Å². The number of rotatable bonds is 3. The van der Waals surface area contributed by atoms with Gasteiger partial charge in [-0.05, 0) is 159 Å². The number of hydrogen-bond donors (Lipinski definition) is 3. The van der Waals surface area contributed by atoms with Gasteiger partial charge in [0.25, 0.3) is 0 Å². The predicted molar refractivity (Wildman–Crippen MR) is 191 cm³/mol. The van der Waals surface area contributed by atoms with Crippen LogP contribution in [0.4, 0.5) is 13.2 Å². The molecule has 5 unspecified atom stereocenters. The van der Waals surface area contributed by atoms with E-state index in [0.717, 1.165) is 95.6 Å². The first-order valence-electron chi connectivity index (χ1n) is 20.7. The van der Waals surface area contributed by atoms with Gasteiger partial charge in [-0.2, -0.15) is 13.2 Å². The summed E-state index contributed by atoms with van der Waals surface area (Å²) in [6, 6.07) is 5.48. The molecule has 0 radical (unpaired) electrons. The zero-order valence-electron chi connectivity index (χ0n) is 31.5. The Morgan fingerprint density at radius 1 is 0.692 bits per heavy atom. The number of hydrogen-bond acceptors (Lipinski definition) is 4. The van der Waals surface area contributed by atoms with Crippen LogP contribution in [0.5, 0.6) is 5.75 Å². The molecule has 2 amide bonds. The molecular weight excluding hydrogens is 665 g/mol. The third-order valence-corrected chi connectivity index (χ3v) is 18.5. The van der Waals surface area contributed by atoms with Crippen LogP contribution in [-0.2, 0) is 15.8 Å². The van der Waals surface area contributed by atoms with Crippen LogP contribution in [0.15, 0.2) is 24.3 Å². The molecule has 15 atom stereocenters. The van der Waals surface area contributed by atoms with Gasteiger partial charge in [-0.25, -0.2) is 0 Å². The molecule has 9 heteroatoms. The average molecular weight is 725 g/mol. The summed E-state index contributed by atoms with van der Waals surface area (Å²) in [5.41, 5.74) is -2.03. The van der Waals surface area contributed by atoms with Crippen LogP contribution < -0.4 is 15.4 Å². The first-order valence-corrected chi connectivity index (χ1v) is 20.7. The van der Waals surface area contributed by atoms with Crippen molar-refractivity contribution in [2.75, 3.05) is 0 Å². The Kier molecular flexibility index (Phi) is 7.91. The molecule has 0 spiro atoms. The number of benzene rings is 1. The van der Waals surface area contributed by atoms with Gasteiger partial charge >= 0.3 is 6.18 Å². The average Bonchev–Trinajstić information content (AvgIpc) is 3.57. The number of nitrogens with one attached hydrogen (secondary N) is 2. The summed E-state index contributed by atoms with van der Waals surface area (Å²) in [7, 11) is 0. The minimum Gasteiger partial charge on any atom is -0.490 e. The number of ether oxygens (including phenoxy) is 1. The fourth-order valence-electron chi connectivity index (χ4n) is 15.8. The van der Waals surface area contributed by atoms with E-state index in [9.17, 15) is 27.9 Å². The van der Waals surface area contributed by atoms with Crippen LogP contribution in [0.2, 0.25) is 0 Å². The normalized spacial score (nSPS) is 51.1. The van der Waals surface area contributed by atoms with Gasteiger partial charge in [-0.1, -0.05) is 27.7 Å². The van der Waals surface area contributed by atoms with Crippen LogP contribution in [0.1, 0.15) is 130 Å². The SMILES string of the molecule is C[C@]12C(CC[C@@H]3[C@H]1CC[C@]1(C)C(Oc4ccc(C(F)(F)F)cc4)CC[C@@H]31)NC(=O)CC2C1(O)CC[C@H]2[C@@H]3CCC4NC(=O)CC[C@]4(C)[C@@H]3CC[C@@]21C. The Balaban J connectivity index is 0.985. The summed E-state index contributed by atoms with van der Waals surface area (Å²) in [5.74, 6) is 3.48. The minimum absolute atomic E-state index is 0.0492. The molecule has 9 rings (SSSR count). The van der Waals surface area contributed by atoms with E-state index in [0.29, 0.717) is 54.1 Å². The summed E-state index contributed by atoms with van der Waals surface area (Å²) in [6.07, 6.45) is 9.37. The molecule has 0 bridgehead atoms. The quantitative estimate of drug-likeness (QED) is 0.292. The van der Waals surface area contributed by atoms with Gasteiger partial charge < -0.3 is 20.5 Å². The van der Waals surface area contributed by atoms with Gasteiger partial charge in [0.15, 0.2) is 0 Å². The van der Waals surface area contributed by atoms with Crippen LogP contribution in [0.3, 0.4) is 0 Å². The third-order valence-electron chi connectivity index (χ3n) is 18.5. The molecule has 8 fully saturated rings. The molecule has 1 aromatic rings. The highest BCUT2D eigenvalue weighted by Crippen LogP contribution is 2.73. The maximum atomic E-state index is 13.6.